The molecule has 1 amide bonds. The van der Waals surface area contributed by atoms with Crippen molar-refractivity contribution in [3.8, 4) is 0 Å². The smallest absolute Gasteiger partial charge is 0.269 e. The van der Waals surface area contributed by atoms with E-state index in [0.29, 0.717) is 18.5 Å². The summed E-state index contributed by atoms with van der Waals surface area (Å²) in [6.45, 7) is 2.10. The summed E-state index contributed by atoms with van der Waals surface area (Å²) < 4.78 is 0. The van der Waals surface area contributed by atoms with Gasteiger partial charge in [-0.25, -0.2) is 0 Å². The first-order valence-electron chi connectivity index (χ1n) is 6.56. The Kier molecular flexibility index (Phi) is 4.12. The molecule has 6 heteroatoms. The van der Waals surface area contributed by atoms with Gasteiger partial charge in [-0.15, -0.1) is 0 Å². The summed E-state index contributed by atoms with van der Waals surface area (Å²) in [6.07, 6.45) is 2.24. The topological polar surface area (TPSA) is 80.5 Å². The van der Waals surface area contributed by atoms with Crippen LogP contribution >= 0.6 is 0 Å². The lowest BCUT2D eigenvalue weighted by atomic mass is 10.1. The van der Waals surface area contributed by atoms with E-state index in [1.807, 2.05) is 0 Å². The van der Waals surface area contributed by atoms with Gasteiger partial charge in [-0.1, -0.05) is 0 Å². The Balaban J connectivity index is 2.05. The zero-order valence-electron chi connectivity index (χ0n) is 11.3. The van der Waals surface area contributed by atoms with Crippen LogP contribution in [0.1, 0.15) is 31.7 Å². The van der Waals surface area contributed by atoms with Gasteiger partial charge in [-0.05, 0) is 31.4 Å². The SMILES string of the molecule is CC(=O)CCCCN1C(=O)Cc2cc([N+](=O)[O-])ccc21. The van der Waals surface area contributed by atoms with Crippen molar-refractivity contribution in [3.63, 3.8) is 0 Å². The van der Waals surface area contributed by atoms with Crippen LogP contribution in [0.15, 0.2) is 18.2 Å². The van der Waals surface area contributed by atoms with Gasteiger partial charge in [0.05, 0.1) is 11.3 Å². The lowest BCUT2D eigenvalue weighted by Crippen LogP contribution is -2.27. The van der Waals surface area contributed by atoms with Crippen molar-refractivity contribution >= 4 is 23.1 Å². The van der Waals surface area contributed by atoms with E-state index < -0.39 is 4.92 Å². The Morgan fingerprint density at radius 3 is 2.80 bits per heavy atom. The second-order valence-corrected chi connectivity index (χ2v) is 4.95. The molecule has 0 N–H and O–H groups in total. The van der Waals surface area contributed by atoms with E-state index in [9.17, 15) is 19.7 Å². The first-order valence-corrected chi connectivity index (χ1v) is 6.56. The number of ketones is 1. The summed E-state index contributed by atoms with van der Waals surface area (Å²) in [7, 11) is 0. The average molecular weight is 276 g/mol. The second kappa shape index (κ2) is 5.81. The number of Topliss-reactive ketones (excluding diaryl/α,β-unsaturated/α-hetero) is 1. The van der Waals surface area contributed by atoms with Gasteiger partial charge in [0, 0.05) is 30.8 Å². The third-order valence-electron chi connectivity index (χ3n) is 3.37. The number of nitrogens with zero attached hydrogens (tertiary/aromatic N) is 2. The van der Waals surface area contributed by atoms with E-state index in [4.69, 9.17) is 0 Å². The van der Waals surface area contributed by atoms with Crippen molar-refractivity contribution < 1.29 is 14.5 Å². The molecule has 6 nitrogen and oxygen atoms in total. The molecule has 0 saturated heterocycles. The fourth-order valence-corrected chi connectivity index (χ4v) is 2.37. The lowest BCUT2D eigenvalue weighted by molar-refractivity contribution is -0.384. The molecule has 1 aromatic carbocycles. The van der Waals surface area contributed by atoms with Crippen molar-refractivity contribution in [2.24, 2.45) is 0 Å². The molecule has 0 saturated carbocycles. The number of benzene rings is 1. The largest absolute Gasteiger partial charge is 0.312 e. The summed E-state index contributed by atoms with van der Waals surface area (Å²) in [4.78, 5) is 34.7. The van der Waals surface area contributed by atoms with Crippen molar-refractivity contribution in [2.45, 2.75) is 32.6 Å². The quantitative estimate of drug-likeness (QED) is 0.453. The Morgan fingerprint density at radius 2 is 2.15 bits per heavy atom. The third-order valence-corrected chi connectivity index (χ3v) is 3.37. The summed E-state index contributed by atoms with van der Waals surface area (Å²) in [5.74, 6) is 0.108. The molecule has 0 aliphatic carbocycles. The van der Waals surface area contributed by atoms with Crippen molar-refractivity contribution in [1.82, 2.24) is 0 Å². The fraction of sp³-hybridized carbons (Fsp3) is 0.429. The Morgan fingerprint density at radius 1 is 1.40 bits per heavy atom. The highest BCUT2D eigenvalue weighted by Gasteiger charge is 2.28. The summed E-state index contributed by atoms with van der Waals surface area (Å²) in [5, 5.41) is 10.7. The van der Waals surface area contributed by atoms with Gasteiger partial charge in [0.25, 0.3) is 5.69 Å². The maximum Gasteiger partial charge on any atom is 0.269 e. The van der Waals surface area contributed by atoms with Crippen LogP contribution in [0.3, 0.4) is 0 Å². The van der Waals surface area contributed by atoms with Crippen LogP contribution in [0.5, 0.6) is 0 Å². The van der Waals surface area contributed by atoms with E-state index in [-0.39, 0.29) is 23.8 Å². The molecular formula is C14H16N2O4. The highest BCUT2D eigenvalue weighted by molar-refractivity contribution is 6.01. The highest BCUT2D eigenvalue weighted by atomic mass is 16.6. The first kappa shape index (κ1) is 14.2. The molecule has 0 spiro atoms. The summed E-state index contributed by atoms with van der Waals surface area (Å²) >= 11 is 0. The highest BCUT2D eigenvalue weighted by Crippen LogP contribution is 2.32. The number of amides is 1. The number of anilines is 1. The van der Waals surface area contributed by atoms with Crippen molar-refractivity contribution in [3.05, 3.63) is 33.9 Å². The fourth-order valence-electron chi connectivity index (χ4n) is 2.37. The molecule has 1 aromatic rings. The molecule has 0 fully saturated rings. The zero-order valence-corrected chi connectivity index (χ0v) is 11.3. The molecule has 0 aromatic heterocycles. The van der Waals surface area contributed by atoms with E-state index in [0.717, 1.165) is 18.5 Å². The molecule has 1 aliphatic rings. The second-order valence-electron chi connectivity index (χ2n) is 4.95. The van der Waals surface area contributed by atoms with Gasteiger partial charge in [-0.2, -0.15) is 0 Å². The predicted octanol–water partition coefficient (Wildman–Crippen LogP) is 2.24. The van der Waals surface area contributed by atoms with Crippen molar-refractivity contribution in [1.29, 1.82) is 0 Å². The molecule has 0 atom stereocenters. The van der Waals surface area contributed by atoms with Crippen LogP contribution in [-0.2, 0) is 16.0 Å². The van der Waals surface area contributed by atoms with Crippen LogP contribution in [0.25, 0.3) is 0 Å². The van der Waals surface area contributed by atoms with Gasteiger partial charge < -0.3 is 9.69 Å². The summed E-state index contributed by atoms with van der Waals surface area (Å²) in [5.41, 5.74) is 1.47. The number of carbonyl (C=O) groups is 2. The summed E-state index contributed by atoms with van der Waals surface area (Å²) in [6, 6.07) is 4.51. The number of carbonyl (C=O) groups excluding carboxylic acids is 2. The van der Waals surface area contributed by atoms with Crippen LogP contribution in [0, 0.1) is 10.1 Å². The minimum Gasteiger partial charge on any atom is -0.312 e. The minimum atomic E-state index is -0.458. The van der Waals surface area contributed by atoms with E-state index in [2.05, 4.69) is 0 Å². The maximum atomic E-state index is 11.9. The Labute approximate surface area is 116 Å². The number of non-ortho nitro benzene ring substituents is 1. The molecule has 0 bridgehead atoms. The first-order chi connectivity index (χ1) is 9.49. The number of fused-ring (bicyclic) bond motifs is 1. The van der Waals surface area contributed by atoms with Gasteiger partial charge in [-0.3, -0.25) is 14.9 Å². The standard InChI is InChI=1S/C14H16N2O4/c1-10(17)4-2-3-7-15-13-6-5-12(16(19)20)8-11(13)9-14(15)18/h5-6,8H,2-4,7,9H2,1H3. The number of hydrogen-bond donors (Lipinski definition) is 0. The maximum absolute atomic E-state index is 11.9. The number of rotatable bonds is 6. The lowest BCUT2D eigenvalue weighted by Gasteiger charge is -2.17. The zero-order chi connectivity index (χ0) is 14.7. The van der Waals surface area contributed by atoms with E-state index >= 15 is 0 Å². The molecule has 106 valence electrons. The molecule has 0 unspecified atom stereocenters. The minimum absolute atomic E-state index is 0.00924. The molecular weight excluding hydrogens is 260 g/mol. The number of hydrogen-bond acceptors (Lipinski definition) is 4. The van der Waals surface area contributed by atoms with Gasteiger partial charge in [0.2, 0.25) is 5.91 Å². The average Bonchev–Trinajstić information content (AvgIpc) is 2.69. The third kappa shape index (κ3) is 3.01. The molecule has 1 aliphatic heterocycles. The molecule has 1 heterocycles. The van der Waals surface area contributed by atoms with Crippen LogP contribution in [0.2, 0.25) is 0 Å². The molecule has 20 heavy (non-hydrogen) atoms. The monoisotopic (exact) mass is 276 g/mol. The number of nitro benzene ring substituents is 1. The van der Waals surface area contributed by atoms with E-state index in [1.54, 1.807) is 17.9 Å². The van der Waals surface area contributed by atoms with Gasteiger partial charge >= 0.3 is 0 Å². The van der Waals surface area contributed by atoms with Gasteiger partial charge in [0.1, 0.15) is 5.78 Å². The predicted molar refractivity (Wildman–Crippen MR) is 73.7 cm³/mol. The number of unbranched alkanes of at least 4 members (excludes halogenated alkanes) is 1. The normalized spacial score (nSPS) is 13.4. The Hall–Kier alpha value is -2.24. The van der Waals surface area contributed by atoms with Crippen molar-refractivity contribution in [2.75, 3.05) is 11.4 Å². The van der Waals surface area contributed by atoms with Crippen LogP contribution in [0.4, 0.5) is 11.4 Å². The Bertz CT molecular complexity index is 568. The van der Waals surface area contributed by atoms with Crippen LogP contribution < -0.4 is 4.90 Å². The molecule has 0 radical (unpaired) electrons. The van der Waals surface area contributed by atoms with Gasteiger partial charge in [0.15, 0.2) is 0 Å². The van der Waals surface area contributed by atoms with E-state index in [1.165, 1.54) is 12.1 Å². The van der Waals surface area contributed by atoms with Crippen LogP contribution in [-0.4, -0.2) is 23.2 Å². The molecule has 2 rings (SSSR count). The number of nitro groups is 1.